The van der Waals surface area contributed by atoms with Crippen molar-refractivity contribution >= 4 is 23.2 Å². The first-order valence-corrected chi connectivity index (χ1v) is 7.30. The van der Waals surface area contributed by atoms with Crippen LogP contribution in [0.15, 0.2) is 30.3 Å². The number of amides is 1. The van der Waals surface area contributed by atoms with Gasteiger partial charge in [-0.15, -0.1) is 0 Å². The van der Waals surface area contributed by atoms with Crippen LogP contribution >= 0.6 is 11.6 Å². The van der Waals surface area contributed by atoms with Crippen molar-refractivity contribution in [3.63, 3.8) is 0 Å². The third-order valence-corrected chi connectivity index (χ3v) is 3.83. The molecule has 1 aliphatic rings. The summed E-state index contributed by atoms with van der Waals surface area (Å²) in [5.41, 5.74) is -0.314. The van der Waals surface area contributed by atoms with Gasteiger partial charge in [0.15, 0.2) is 6.29 Å². The molecule has 1 fully saturated rings. The van der Waals surface area contributed by atoms with Gasteiger partial charge in [-0.1, -0.05) is 29.8 Å². The van der Waals surface area contributed by atoms with Gasteiger partial charge in [-0.25, -0.2) is 0 Å². The smallest absolute Gasteiger partial charge is 0.271 e. The first-order valence-electron chi connectivity index (χ1n) is 6.87. The molecule has 6 heteroatoms. The van der Waals surface area contributed by atoms with Gasteiger partial charge < -0.3 is 19.1 Å². The molecule has 1 aliphatic heterocycles. The molecule has 3 atom stereocenters. The Labute approximate surface area is 129 Å². The van der Waals surface area contributed by atoms with Crippen molar-refractivity contribution < 1.29 is 19.0 Å². The van der Waals surface area contributed by atoms with Crippen molar-refractivity contribution in [2.24, 2.45) is 0 Å². The number of halogens is 1. The molecule has 1 heterocycles. The standard InChI is InChI=1S/C15H20ClNO4/c1-10-11(2)21-13(20-10)9-17(15(18)14(16)19-3)12-7-5-4-6-8-12/h4-8,10-11,13-14H,9H2,1-3H3. The zero-order chi connectivity index (χ0) is 15.4. The molecule has 2 rings (SSSR count). The van der Waals surface area contributed by atoms with E-state index in [4.69, 9.17) is 25.8 Å². The molecular formula is C15H20ClNO4. The van der Waals surface area contributed by atoms with Gasteiger partial charge in [0.05, 0.1) is 18.8 Å². The summed E-state index contributed by atoms with van der Waals surface area (Å²) in [6.07, 6.45) is -0.478. The van der Waals surface area contributed by atoms with Crippen LogP contribution in [-0.2, 0) is 19.0 Å². The summed E-state index contributed by atoms with van der Waals surface area (Å²) < 4.78 is 16.3. The first-order chi connectivity index (χ1) is 10.0. The Hall–Kier alpha value is -1.14. The monoisotopic (exact) mass is 313 g/mol. The molecule has 1 aromatic rings. The van der Waals surface area contributed by atoms with Gasteiger partial charge in [-0.2, -0.15) is 0 Å². The molecule has 0 radical (unpaired) electrons. The quantitative estimate of drug-likeness (QED) is 0.783. The highest BCUT2D eigenvalue weighted by Gasteiger charge is 2.34. The van der Waals surface area contributed by atoms with Crippen molar-refractivity contribution in [2.45, 2.75) is 37.9 Å². The molecule has 0 bridgehead atoms. The number of para-hydroxylation sites is 1. The lowest BCUT2D eigenvalue weighted by atomic mass is 10.2. The molecule has 3 unspecified atom stereocenters. The maximum atomic E-state index is 12.4. The average Bonchev–Trinajstić information content (AvgIpc) is 2.82. The molecule has 0 spiro atoms. The SMILES string of the molecule is COC(Cl)C(=O)N(CC1OC(C)C(C)O1)c1ccccc1. The molecule has 1 aromatic carbocycles. The van der Waals surface area contributed by atoms with Crippen LogP contribution in [0.4, 0.5) is 5.69 Å². The minimum absolute atomic E-state index is 0.00282. The van der Waals surface area contributed by atoms with Crippen LogP contribution in [-0.4, -0.2) is 43.6 Å². The number of ether oxygens (including phenoxy) is 3. The van der Waals surface area contributed by atoms with E-state index in [-0.39, 0.29) is 24.7 Å². The summed E-state index contributed by atoms with van der Waals surface area (Å²) in [6.45, 7) is 4.15. The minimum atomic E-state index is -1.04. The largest absolute Gasteiger partial charge is 0.357 e. The van der Waals surface area contributed by atoms with E-state index in [9.17, 15) is 4.79 Å². The highest BCUT2D eigenvalue weighted by molar-refractivity contribution is 6.31. The number of alkyl halides is 1. The predicted octanol–water partition coefficient (Wildman–Crippen LogP) is 2.38. The Kier molecular flexibility index (Phi) is 5.58. The lowest BCUT2D eigenvalue weighted by molar-refractivity contribution is -0.126. The van der Waals surface area contributed by atoms with Crippen LogP contribution in [0, 0.1) is 0 Å². The van der Waals surface area contributed by atoms with Gasteiger partial charge >= 0.3 is 0 Å². The van der Waals surface area contributed by atoms with E-state index in [0.717, 1.165) is 5.69 Å². The lowest BCUT2D eigenvalue weighted by Gasteiger charge is -2.26. The highest BCUT2D eigenvalue weighted by Crippen LogP contribution is 2.23. The molecule has 116 valence electrons. The molecule has 0 aromatic heterocycles. The molecule has 0 N–H and O–H groups in total. The Morgan fingerprint density at radius 3 is 2.38 bits per heavy atom. The Balaban J connectivity index is 2.15. The van der Waals surface area contributed by atoms with E-state index in [1.165, 1.54) is 12.0 Å². The third-order valence-electron chi connectivity index (χ3n) is 3.46. The lowest BCUT2D eigenvalue weighted by Crippen LogP contribution is -2.42. The van der Waals surface area contributed by atoms with Gasteiger partial charge in [0.1, 0.15) is 0 Å². The summed E-state index contributed by atoms with van der Waals surface area (Å²) in [5, 5.41) is 0. The van der Waals surface area contributed by atoms with Gasteiger partial charge in [-0.3, -0.25) is 4.79 Å². The van der Waals surface area contributed by atoms with E-state index in [1.54, 1.807) is 0 Å². The van der Waals surface area contributed by atoms with Crippen LogP contribution in [0.3, 0.4) is 0 Å². The summed E-state index contributed by atoms with van der Waals surface area (Å²) in [4.78, 5) is 13.9. The fourth-order valence-electron chi connectivity index (χ4n) is 2.12. The number of anilines is 1. The normalized spacial score (nSPS) is 26.6. The second-order valence-corrected chi connectivity index (χ2v) is 5.34. The number of benzene rings is 1. The number of carbonyl (C=O) groups is 1. The highest BCUT2D eigenvalue weighted by atomic mass is 35.5. The zero-order valence-electron chi connectivity index (χ0n) is 12.4. The fourth-order valence-corrected chi connectivity index (χ4v) is 2.24. The molecule has 0 saturated carbocycles. The Morgan fingerprint density at radius 2 is 1.86 bits per heavy atom. The molecule has 1 amide bonds. The van der Waals surface area contributed by atoms with E-state index in [2.05, 4.69) is 0 Å². The zero-order valence-corrected chi connectivity index (χ0v) is 13.1. The average molecular weight is 314 g/mol. The van der Waals surface area contributed by atoms with Gasteiger partial charge in [0.25, 0.3) is 5.91 Å². The summed E-state index contributed by atoms with van der Waals surface area (Å²) in [5.74, 6) is -0.343. The van der Waals surface area contributed by atoms with Crippen molar-refractivity contribution in [2.75, 3.05) is 18.6 Å². The molecule has 1 saturated heterocycles. The first kappa shape index (κ1) is 16.2. The Morgan fingerprint density at radius 1 is 1.29 bits per heavy atom. The maximum Gasteiger partial charge on any atom is 0.271 e. The summed E-state index contributed by atoms with van der Waals surface area (Å²) in [6, 6.07) is 9.26. The van der Waals surface area contributed by atoms with E-state index >= 15 is 0 Å². The second-order valence-electron chi connectivity index (χ2n) is 4.95. The van der Waals surface area contributed by atoms with Gasteiger partial charge in [0, 0.05) is 12.8 Å². The maximum absolute atomic E-state index is 12.4. The fraction of sp³-hybridized carbons (Fsp3) is 0.533. The van der Waals surface area contributed by atoms with Crippen LogP contribution in [0.25, 0.3) is 0 Å². The van der Waals surface area contributed by atoms with E-state index in [1.807, 2.05) is 44.2 Å². The second kappa shape index (κ2) is 7.22. The van der Waals surface area contributed by atoms with Crippen molar-refractivity contribution in [3.05, 3.63) is 30.3 Å². The van der Waals surface area contributed by atoms with Crippen molar-refractivity contribution in [1.29, 1.82) is 0 Å². The topological polar surface area (TPSA) is 48.0 Å². The molecule has 21 heavy (non-hydrogen) atoms. The van der Waals surface area contributed by atoms with Crippen molar-refractivity contribution in [1.82, 2.24) is 0 Å². The number of carbonyl (C=O) groups excluding carboxylic acids is 1. The number of nitrogens with zero attached hydrogens (tertiary/aromatic N) is 1. The van der Waals surface area contributed by atoms with Crippen molar-refractivity contribution in [3.8, 4) is 0 Å². The van der Waals surface area contributed by atoms with Crippen LogP contribution < -0.4 is 4.90 Å². The third kappa shape index (κ3) is 3.95. The molecule has 0 aliphatic carbocycles. The van der Waals surface area contributed by atoms with Crippen LogP contribution in [0.1, 0.15) is 13.8 Å². The number of rotatable bonds is 5. The van der Waals surface area contributed by atoms with Crippen LogP contribution in [0.2, 0.25) is 0 Å². The Bertz CT molecular complexity index is 460. The predicted molar refractivity (Wildman–Crippen MR) is 80.3 cm³/mol. The minimum Gasteiger partial charge on any atom is -0.357 e. The summed E-state index contributed by atoms with van der Waals surface area (Å²) in [7, 11) is 1.39. The summed E-state index contributed by atoms with van der Waals surface area (Å²) >= 11 is 5.91. The molecule has 5 nitrogen and oxygen atoms in total. The van der Waals surface area contributed by atoms with Crippen LogP contribution in [0.5, 0.6) is 0 Å². The van der Waals surface area contributed by atoms with E-state index in [0.29, 0.717) is 0 Å². The number of hydrogen-bond donors (Lipinski definition) is 0. The van der Waals surface area contributed by atoms with Gasteiger partial charge in [0.2, 0.25) is 5.56 Å². The number of methoxy groups -OCH3 is 1. The number of hydrogen-bond acceptors (Lipinski definition) is 4. The molecular weight excluding hydrogens is 294 g/mol. The van der Waals surface area contributed by atoms with Gasteiger partial charge in [-0.05, 0) is 26.0 Å². The van der Waals surface area contributed by atoms with E-state index < -0.39 is 11.9 Å².